The van der Waals surface area contributed by atoms with E-state index in [9.17, 15) is 10.1 Å². The van der Waals surface area contributed by atoms with Gasteiger partial charge in [-0.2, -0.15) is 0 Å². The van der Waals surface area contributed by atoms with Gasteiger partial charge in [0.15, 0.2) is 4.34 Å². The van der Waals surface area contributed by atoms with Crippen LogP contribution in [0.5, 0.6) is 0 Å². The lowest BCUT2D eigenvalue weighted by molar-refractivity contribution is -0.384. The molecular formula is C19H15ClN6O3S2. The van der Waals surface area contributed by atoms with Gasteiger partial charge in [-0.15, -0.1) is 20.4 Å². The summed E-state index contributed by atoms with van der Waals surface area (Å²) in [5.41, 5.74) is 2.42. The van der Waals surface area contributed by atoms with Crippen LogP contribution < -0.4 is 5.32 Å². The van der Waals surface area contributed by atoms with E-state index in [1.807, 2.05) is 32.0 Å². The van der Waals surface area contributed by atoms with Crippen LogP contribution in [-0.4, -0.2) is 25.3 Å². The second kappa shape index (κ2) is 9.00. The van der Waals surface area contributed by atoms with Crippen molar-refractivity contribution >= 4 is 51.2 Å². The number of thioether (sulfide) groups is 1. The van der Waals surface area contributed by atoms with Crippen LogP contribution in [-0.2, 0) is 0 Å². The number of nitro groups is 1. The Hall–Kier alpha value is -3.02. The second-order valence-corrected chi connectivity index (χ2v) is 9.39. The molecule has 0 aliphatic heterocycles. The van der Waals surface area contributed by atoms with E-state index >= 15 is 0 Å². The molecule has 0 saturated heterocycles. The number of non-ortho nitro benzene ring substituents is 1. The topological polar surface area (TPSA) is 120 Å². The summed E-state index contributed by atoms with van der Waals surface area (Å²) in [5, 5.41) is 31.7. The molecule has 2 aromatic heterocycles. The Morgan fingerprint density at radius 3 is 2.68 bits per heavy atom. The predicted molar refractivity (Wildman–Crippen MR) is 120 cm³/mol. The van der Waals surface area contributed by atoms with Gasteiger partial charge in [-0.05, 0) is 43.7 Å². The molecule has 0 amide bonds. The van der Waals surface area contributed by atoms with Gasteiger partial charge in [0.05, 0.1) is 10.2 Å². The molecular weight excluding hydrogens is 460 g/mol. The molecule has 4 rings (SSSR count). The van der Waals surface area contributed by atoms with Crippen LogP contribution in [0.15, 0.2) is 51.2 Å². The summed E-state index contributed by atoms with van der Waals surface area (Å²) < 4.78 is 6.49. The number of hydrogen-bond acceptors (Lipinski definition) is 10. The zero-order valence-electron chi connectivity index (χ0n) is 16.3. The van der Waals surface area contributed by atoms with Crippen LogP contribution in [0, 0.1) is 17.0 Å². The van der Waals surface area contributed by atoms with Crippen molar-refractivity contribution < 1.29 is 9.34 Å². The molecule has 1 unspecified atom stereocenters. The number of anilines is 2. The third kappa shape index (κ3) is 4.84. The molecule has 2 heterocycles. The van der Waals surface area contributed by atoms with Crippen molar-refractivity contribution in [3.8, 4) is 11.5 Å². The number of aromatic nitrogens is 4. The van der Waals surface area contributed by atoms with Crippen LogP contribution in [0.2, 0.25) is 5.02 Å². The van der Waals surface area contributed by atoms with E-state index in [-0.39, 0.29) is 10.9 Å². The Labute approximate surface area is 190 Å². The van der Waals surface area contributed by atoms with Crippen LogP contribution in [0.3, 0.4) is 0 Å². The molecule has 0 radical (unpaired) electrons. The first-order valence-corrected chi connectivity index (χ1v) is 11.1. The van der Waals surface area contributed by atoms with E-state index in [2.05, 4.69) is 25.7 Å². The van der Waals surface area contributed by atoms with Gasteiger partial charge in [0, 0.05) is 28.4 Å². The summed E-state index contributed by atoms with van der Waals surface area (Å²) in [5.74, 6) is 0.724. The Morgan fingerprint density at radius 1 is 1.16 bits per heavy atom. The Kier molecular flexibility index (Phi) is 6.16. The average Bonchev–Trinajstić information content (AvgIpc) is 3.41. The standard InChI is InChI=1S/C19H15ClN6O3S2/c1-10-14(20)4-3-5-15(10)21-18-24-25-19(31-18)30-11(2)16-22-23-17(29-16)12-6-8-13(9-7-12)26(27)28/h3-9,11H,1-2H3,(H,21,24). The Morgan fingerprint density at radius 2 is 1.94 bits per heavy atom. The summed E-state index contributed by atoms with van der Waals surface area (Å²) in [4.78, 5) is 10.3. The first-order valence-electron chi connectivity index (χ1n) is 9.01. The number of halogens is 1. The summed E-state index contributed by atoms with van der Waals surface area (Å²) in [6.07, 6.45) is 0. The van der Waals surface area contributed by atoms with Gasteiger partial charge >= 0.3 is 0 Å². The molecule has 31 heavy (non-hydrogen) atoms. The highest BCUT2D eigenvalue weighted by atomic mass is 35.5. The third-order valence-electron chi connectivity index (χ3n) is 4.31. The first kappa shape index (κ1) is 21.2. The van der Waals surface area contributed by atoms with Gasteiger partial charge in [-0.1, -0.05) is 40.8 Å². The van der Waals surface area contributed by atoms with Crippen molar-refractivity contribution in [2.75, 3.05) is 5.32 Å². The summed E-state index contributed by atoms with van der Waals surface area (Å²) >= 11 is 9.01. The smallest absolute Gasteiger partial charge is 0.269 e. The fourth-order valence-corrected chi connectivity index (χ4v) is 4.72. The lowest BCUT2D eigenvalue weighted by Crippen LogP contribution is -1.92. The molecule has 0 bridgehead atoms. The molecule has 2 aromatic carbocycles. The molecule has 9 nitrogen and oxygen atoms in total. The highest BCUT2D eigenvalue weighted by Gasteiger charge is 2.19. The highest BCUT2D eigenvalue weighted by molar-refractivity contribution is 8.01. The maximum absolute atomic E-state index is 10.8. The van der Waals surface area contributed by atoms with Crippen LogP contribution in [0.25, 0.3) is 11.5 Å². The van der Waals surface area contributed by atoms with Gasteiger partial charge in [0.25, 0.3) is 5.69 Å². The molecule has 0 saturated carbocycles. The molecule has 0 spiro atoms. The van der Waals surface area contributed by atoms with E-state index in [0.29, 0.717) is 27.5 Å². The van der Waals surface area contributed by atoms with Crippen molar-refractivity contribution in [2.24, 2.45) is 0 Å². The van der Waals surface area contributed by atoms with Crippen LogP contribution >= 0.6 is 34.7 Å². The maximum Gasteiger partial charge on any atom is 0.269 e. The van der Waals surface area contributed by atoms with Crippen LogP contribution in [0.1, 0.15) is 23.6 Å². The first-order chi connectivity index (χ1) is 14.9. The number of benzene rings is 2. The lowest BCUT2D eigenvalue weighted by atomic mass is 10.2. The molecule has 12 heteroatoms. The molecule has 158 valence electrons. The van der Waals surface area contributed by atoms with E-state index in [1.165, 1.54) is 35.2 Å². The SMILES string of the molecule is Cc1c(Cl)cccc1Nc1nnc(SC(C)c2nnc(-c3ccc([N+](=O)[O-])cc3)o2)s1. The largest absolute Gasteiger partial charge is 0.419 e. The van der Waals surface area contributed by atoms with Crippen molar-refractivity contribution in [1.29, 1.82) is 0 Å². The van der Waals surface area contributed by atoms with E-state index in [1.54, 1.807) is 12.1 Å². The fourth-order valence-electron chi connectivity index (χ4n) is 2.61. The normalized spacial score (nSPS) is 12.0. The van der Waals surface area contributed by atoms with Crippen LogP contribution in [0.4, 0.5) is 16.5 Å². The average molecular weight is 475 g/mol. The lowest BCUT2D eigenvalue weighted by Gasteiger charge is -2.07. The molecule has 0 fully saturated rings. The van der Waals surface area contributed by atoms with Crippen molar-refractivity contribution in [2.45, 2.75) is 23.4 Å². The molecule has 4 aromatic rings. The summed E-state index contributed by atoms with van der Waals surface area (Å²) in [6.45, 7) is 3.86. The third-order valence-corrected chi connectivity index (χ3v) is 6.73. The van der Waals surface area contributed by atoms with Gasteiger partial charge < -0.3 is 9.73 Å². The minimum atomic E-state index is -0.458. The molecule has 1 N–H and O–H groups in total. The number of hydrogen-bond donors (Lipinski definition) is 1. The molecule has 0 aliphatic carbocycles. The van der Waals surface area contributed by atoms with E-state index < -0.39 is 4.92 Å². The number of rotatable bonds is 7. The maximum atomic E-state index is 10.8. The second-order valence-electron chi connectivity index (χ2n) is 6.42. The zero-order chi connectivity index (χ0) is 22.0. The van der Waals surface area contributed by atoms with Crippen molar-refractivity contribution in [3.63, 3.8) is 0 Å². The molecule has 0 aliphatic rings. The Balaban J connectivity index is 1.43. The monoisotopic (exact) mass is 474 g/mol. The summed E-state index contributed by atoms with van der Waals surface area (Å²) in [7, 11) is 0. The van der Waals surface area contributed by atoms with E-state index in [0.717, 1.165) is 15.6 Å². The Bertz CT molecular complexity index is 1230. The van der Waals surface area contributed by atoms with Gasteiger partial charge in [-0.3, -0.25) is 10.1 Å². The number of nitrogens with zero attached hydrogens (tertiary/aromatic N) is 5. The van der Waals surface area contributed by atoms with Crippen molar-refractivity contribution in [3.05, 3.63) is 69.1 Å². The summed E-state index contributed by atoms with van der Waals surface area (Å²) in [6, 6.07) is 11.6. The van der Waals surface area contributed by atoms with Gasteiger partial charge in [0.1, 0.15) is 0 Å². The zero-order valence-corrected chi connectivity index (χ0v) is 18.7. The number of nitro benzene ring substituents is 1. The van der Waals surface area contributed by atoms with Gasteiger partial charge in [-0.25, -0.2) is 0 Å². The highest BCUT2D eigenvalue weighted by Crippen LogP contribution is 2.38. The van der Waals surface area contributed by atoms with E-state index in [4.69, 9.17) is 16.0 Å². The minimum absolute atomic E-state index is 0.000985. The van der Waals surface area contributed by atoms with Crippen molar-refractivity contribution in [1.82, 2.24) is 20.4 Å². The minimum Gasteiger partial charge on any atom is -0.419 e. The molecule has 1 atom stereocenters. The number of nitrogens with one attached hydrogen (secondary N) is 1. The fraction of sp³-hybridized carbons (Fsp3) is 0.158. The van der Waals surface area contributed by atoms with Gasteiger partial charge in [0.2, 0.25) is 16.9 Å². The predicted octanol–water partition coefficient (Wildman–Crippen LogP) is 6.06. The quantitative estimate of drug-likeness (QED) is 0.193.